The van der Waals surface area contributed by atoms with E-state index >= 15 is 0 Å². The third-order valence-electron chi connectivity index (χ3n) is 4.24. The Labute approximate surface area is 119 Å². The number of unbranched alkanes of at least 4 members (excludes halogenated alkanes) is 2. The van der Waals surface area contributed by atoms with E-state index in [-0.39, 0.29) is 5.91 Å². The van der Waals surface area contributed by atoms with Crippen LogP contribution in [0.15, 0.2) is 0 Å². The van der Waals surface area contributed by atoms with E-state index in [4.69, 9.17) is 0 Å². The van der Waals surface area contributed by atoms with Crippen molar-refractivity contribution in [2.75, 3.05) is 13.6 Å². The zero-order valence-corrected chi connectivity index (χ0v) is 13.1. The number of rotatable bonds is 8. The van der Waals surface area contributed by atoms with Crippen molar-refractivity contribution in [1.29, 1.82) is 0 Å². The van der Waals surface area contributed by atoms with E-state index in [0.717, 1.165) is 6.42 Å². The van der Waals surface area contributed by atoms with Gasteiger partial charge in [0.1, 0.15) is 0 Å². The molecule has 0 aliphatic heterocycles. The van der Waals surface area contributed by atoms with Crippen molar-refractivity contribution >= 4 is 5.91 Å². The van der Waals surface area contributed by atoms with Crippen LogP contribution in [0, 0.1) is 0 Å². The Kier molecular flexibility index (Phi) is 8.11. The van der Waals surface area contributed by atoms with Crippen LogP contribution in [-0.2, 0) is 4.79 Å². The summed E-state index contributed by atoms with van der Waals surface area (Å²) in [6.07, 6.45) is 11.4. The number of carbonyl (C=O) groups is 1. The Morgan fingerprint density at radius 3 is 2.58 bits per heavy atom. The average molecular weight is 268 g/mol. The first-order valence-corrected chi connectivity index (χ1v) is 8.13. The molecule has 0 aromatic rings. The summed E-state index contributed by atoms with van der Waals surface area (Å²) in [6.45, 7) is 4.89. The van der Waals surface area contributed by atoms with Crippen LogP contribution in [0.2, 0.25) is 0 Å². The second kappa shape index (κ2) is 9.35. The third-order valence-corrected chi connectivity index (χ3v) is 4.24. The number of likely N-dealkylation sites (N-methyl/N-ethyl adjacent to an activating group) is 1. The summed E-state index contributed by atoms with van der Waals surface area (Å²) in [5.74, 6) is 0.192. The minimum Gasteiger partial charge on any atom is -0.353 e. The Morgan fingerprint density at radius 2 is 1.95 bits per heavy atom. The lowest BCUT2D eigenvalue weighted by Gasteiger charge is -2.31. The zero-order chi connectivity index (χ0) is 14.1. The molecule has 0 saturated heterocycles. The monoisotopic (exact) mass is 268 g/mol. The molecule has 3 nitrogen and oxygen atoms in total. The molecule has 1 saturated carbocycles. The van der Waals surface area contributed by atoms with Crippen molar-refractivity contribution in [3.63, 3.8) is 0 Å². The molecule has 0 bridgehead atoms. The fourth-order valence-corrected chi connectivity index (χ4v) is 2.97. The van der Waals surface area contributed by atoms with Crippen molar-refractivity contribution in [2.24, 2.45) is 0 Å². The molecule has 3 heteroatoms. The minimum atomic E-state index is 0.192. The van der Waals surface area contributed by atoms with E-state index in [1.807, 2.05) is 0 Å². The van der Waals surface area contributed by atoms with Crippen molar-refractivity contribution in [1.82, 2.24) is 10.2 Å². The van der Waals surface area contributed by atoms with Crippen LogP contribution in [0.3, 0.4) is 0 Å². The van der Waals surface area contributed by atoms with Gasteiger partial charge in [0.05, 0.1) is 6.54 Å². The summed E-state index contributed by atoms with van der Waals surface area (Å²) in [6, 6.07) is 0.939. The highest BCUT2D eigenvalue weighted by atomic mass is 16.2. The van der Waals surface area contributed by atoms with Gasteiger partial charge in [-0.2, -0.15) is 0 Å². The van der Waals surface area contributed by atoms with Gasteiger partial charge in [-0.25, -0.2) is 0 Å². The van der Waals surface area contributed by atoms with Crippen LogP contribution < -0.4 is 5.32 Å². The molecular formula is C16H32N2O. The number of nitrogens with one attached hydrogen (secondary N) is 1. The van der Waals surface area contributed by atoms with Gasteiger partial charge in [0.15, 0.2) is 0 Å². The van der Waals surface area contributed by atoms with Crippen molar-refractivity contribution < 1.29 is 4.79 Å². The molecule has 1 aliphatic rings. The lowest BCUT2D eigenvalue weighted by Crippen LogP contribution is -2.43. The number of amides is 1. The van der Waals surface area contributed by atoms with Crippen LogP contribution in [-0.4, -0.2) is 36.5 Å². The molecule has 0 radical (unpaired) electrons. The van der Waals surface area contributed by atoms with Crippen LogP contribution >= 0.6 is 0 Å². The highest BCUT2D eigenvalue weighted by molar-refractivity contribution is 5.78. The average Bonchev–Trinajstić information content (AvgIpc) is 2.39. The molecular weight excluding hydrogens is 236 g/mol. The molecule has 1 N–H and O–H groups in total. The molecule has 1 atom stereocenters. The fraction of sp³-hybridized carbons (Fsp3) is 0.938. The van der Waals surface area contributed by atoms with Crippen LogP contribution in [0.4, 0.5) is 0 Å². The van der Waals surface area contributed by atoms with Gasteiger partial charge < -0.3 is 5.32 Å². The van der Waals surface area contributed by atoms with Gasteiger partial charge in [0.2, 0.25) is 5.91 Å². The molecule has 0 aromatic heterocycles. The molecule has 1 unspecified atom stereocenters. The Hall–Kier alpha value is -0.570. The van der Waals surface area contributed by atoms with Crippen LogP contribution in [0.5, 0.6) is 0 Å². The second-order valence-electron chi connectivity index (χ2n) is 6.17. The Balaban J connectivity index is 2.18. The highest BCUT2D eigenvalue weighted by Gasteiger charge is 2.20. The summed E-state index contributed by atoms with van der Waals surface area (Å²) in [7, 11) is 2.09. The maximum Gasteiger partial charge on any atom is 0.234 e. The van der Waals surface area contributed by atoms with E-state index in [1.165, 1.54) is 51.4 Å². The quantitative estimate of drug-likeness (QED) is 0.685. The largest absolute Gasteiger partial charge is 0.353 e. The topological polar surface area (TPSA) is 32.3 Å². The Bertz CT molecular complexity index is 249. The van der Waals surface area contributed by atoms with E-state index in [0.29, 0.717) is 18.6 Å². The van der Waals surface area contributed by atoms with Gasteiger partial charge in [-0.3, -0.25) is 9.69 Å². The van der Waals surface area contributed by atoms with Gasteiger partial charge in [-0.15, -0.1) is 0 Å². The molecule has 112 valence electrons. The lowest BCUT2D eigenvalue weighted by molar-refractivity contribution is -0.123. The maximum absolute atomic E-state index is 12.0. The minimum absolute atomic E-state index is 0.192. The van der Waals surface area contributed by atoms with E-state index in [9.17, 15) is 4.79 Å². The van der Waals surface area contributed by atoms with E-state index < -0.39 is 0 Å². The SMILES string of the molecule is CCCCCC(C)NC(=O)CN(C)C1CCCCC1. The van der Waals surface area contributed by atoms with Crippen molar-refractivity contribution in [2.45, 2.75) is 83.7 Å². The summed E-state index contributed by atoms with van der Waals surface area (Å²) < 4.78 is 0. The van der Waals surface area contributed by atoms with Gasteiger partial charge in [0.25, 0.3) is 0 Å². The highest BCUT2D eigenvalue weighted by Crippen LogP contribution is 2.21. The first-order valence-electron chi connectivity index (χ1n) is 8.13. The smallest absolute Gasteiger partial charge is 0.234 e. The Morgan fingerprint density at radius 1 is 1.26 bits per heavy atom. The molecule has 1 amide bonds. The van der Waals surface area contributed by atoms with Crippen molar-refractivity contribution in [3.05, 3.63) is 0 Å². The van der Waals surface area contributed by atoms with E-state index in [1.54, 1.807) is 0 Å². The lowest BCUT2D eigenvalue weighted by atomic mass is 9.94. The van der Waals surface area contributed by atoms with Crippen LogP contribution in [0.25, 0.3) is 0 Å². The normalized spacial score (nSPS) is 18.5. The van der Waals surface area contributed by atoms with Crippen LogP contribution in [0.1, 0.15) is 71.6 Å². The predicted molar refractivity (Wildman–Crippen MR) is 81.2 cm³/mol. The molecule has 0 aromatic carbocycles. The van der Waals surface area contributed by atoms with Gasteiger partial charge in [0, 0.05) is 12.1 Å². The van der Waals surface area contributed by atoms with E-state index in [2.05, 4.69) is 31.1 Å². The molecule has 1 aliphatic carbocycles. The number of nitrogens with zero attached hydrogens (tertiary/aromatic N) is 1. The number of hydrogen-bond acceptors (Lipinski definition) is 2. The first kappa shape index (κ1) is 16.5. The third kappa shape index (κ3) is 6.95. The van der Waals surface area contributed by atoms with Crippen molar-refractivity contribution in [3.8, 4) is 0 Å². The number of hydrogen-bond donors (Lipinski definition) is 1. The first-order chi connectivity index (χ1) is 9.13. The zero-order valence-electron chi connectivity index (χ0n) is 13.1. The fourth-order valence-electron chi connectivity index (χ4n) is 2.97. The summed E-state index contributed by atoms with van der Waals surface area (Å²) >= 11 is 0. The summed E-state index contributed by atoms with van der Waals surface area (Å²) in [5.41, 5.74) is 0. The molecule has 0 heterocycles. The summed E-state index contributed by atoms with van der Waals surface area (Å²) in [4.78, 5) is 14.2. The molecule has 19 heavy (non-hydrogen) atoms. The standard InChI is InChI=1S/C16H32N2O/c1-4-5-7-10-14(2)17-16(19)13-18(3)15-11-8-6-9-12-15/h14-15H,4-13H2,1-3H3,(H,17,19). The van der Waals surface area contributed by atoms with Gasteiger partial charge in [-0.1, -0.05) is 45.4 Å². The molecule has 1 rings (SSSR count). The second-order valence-corrected chi connectivity index (χ2v) is 6.17. The molecule has 0 spiro atoms. The predicted octanol–water partition coefficient (Wildman–Crippen LogP) is 3.34. The summed E-state index contributed by atoms with van der Waals surface area (Å²) in [5, 5.41) is 3.13. The number of carbonyl (C=O) groups excluding carboxylic acids is 1. The molecule has 1 fully saturated rings. The maximum atomic E-state index is 12.0. The van der Waals surface area contributed by atoms with Gasteiger partial charge in [-0.05, 0) is 33.2 Å². The van der Waals surface area contributed by atoms with Gasteiger partial charge >= 0.3 is 0 Å².